The predicted molar refractivity (Wildman–Crippen MR) is 111 cm³/mol. The van der Waals surface area contributed by atoms with Crippen LogP contribution in [0.15, 0.2) is 29.1 Å². The van der Waals surface area contributed by atoms with Gasteiger partial charge in [0.2, 0.25) is 0 Å². The molecule has 0 N–H and O–H groups in total. The van der Waals surface area contributed by atoms with Gasteiger partial charge in [0.25, 0.3) is 0 Å². The van der Waals surface area contributed by atoms with E-state index in [9.17, 15) is 9.18 Å². The minimum Gasteiger partial charge on any atom is -0.497 e. The lowest BCUT2D eigenvalue weighted by Crippen LogP contribution is -2.48. The number of piperidine rings is 1. The molecular formula is C22H31FN4O3. The molecule has 2 bridgehead atoms. The summed E-state index contributed by atoms with van der Waals surface area (Å²) in [6.45, 7) is 2.67. The van der Waals surface area contributed by atoms with Crippen molar-refractivity contribution in [3.63, 3.8) is 0 Å². The van der Waals surface area contributed by atoms with Crippen LogP contribution in [-0.2, 0) is 24.9 Å². The van der Waals surface area contributed by atoms with Crippen LogP contribution in [0.2, 0.25) is 0 Å². The van der Waals surface area contributed by atoms with E-state index < -0.39 is 6.17 Å². The Labute approximate surface area is 176 Å². The first-order chi connectivity index (χ1) is 14.4. The zero-order valence-electron chi connectivity index (χ0n) is 18.0. The number of hydrogen-bond acceptors (Lipinski definition) is 5. The highest BCUT2D eigenvalue weighted by Crippen LogP contribution is 2.37. The molecule has 2 aliphatic heterocycles. The van der Waals surface area contributed by atoms with Crippen molar-refractivity contribution in [2.24, 2.45) is 7.05 Å². The average Bonchev–Trinajstić information content (AvgIpc) is 3.11. The summed E-state index contributed by atoms with van der Waals surface area (Å²) in [5, 5.41) is 4.15. The molecule has 7 nitrogen and oxygen atoms in total. The maximum absolute atomic E-state index is 14.8. The summed E-state index contributed by atoms with van der Waals surface area (Å²) in [4.78, 5) is 14.4. The first-order valence-corrected chi connectivity index (χ1v) is 10.7. The molecule has 2 aliphatic rings. The number of fused-ring (bicyclic) bond motifs is 2. The third kappa shape index (κ3) is 4.44. The molecule has 3 atom stereocenters. The molecule has 30 heavy (non-hydrogen) atoms. The van der Waals surface area contributed by atoms with Crippen LogP contribution in [0.5, 0.6) is 5.75 Å². The number of ether oxygens (including phenoxy) is 2. The number of aryl methyl sites for hydroxylation is 1. The van der Waals surface area contributed by atoms with Gasteiger partial charge in [0.1, 0.15) is 17.7 Å². The largest absolute Gasteiger partial charge is 0.497 e. The Bertz CT molecular complexity index is 913. The van der Waals surface area contributed by atoms with Crippen molar-refractivity contribution in [2.45, 2.75) is 70.1 Å². The minimum atomic E-state index is -1.12. The molecule has 2 unspecified atom stereocenters. The lowest BCUT2D eigenvalue weighted by molar-refractivity contribution is -0.0342. The van der Waals surface area contributed by atoms with E-state index in [2.05, 4.69) is 10.00 Å². The fourth-order valence-electron chi connectivity index (χ4n) is 4.82. The van der Waals surface area contributed by atoms with Crippen molar-refractivity contribution in [1.82, 2.24) is 19.2 Å². The Hall–Kier alpha value is -2.19. The molecule has 1 aromatic heterocycles. The second kappa shape index (κ2) is 8.89. The molecule has 0 saturated carbocycles. The molecule has 0 spiro atoms. The summed E-state index contributed by atoms with van der Waals surface area (Å²) in [6.07, 6.45) is 3.10. The summed E-state index contributed by atoms with van der Waals surface area (Å²) in [5.74, 6) is 1.43. The van der Waals surface area contributed by atoms with Crippen LogP contribution >= 0.6 is 0 Å². The fraction of sp³-hybridized carbons (Fsp3) is 0.636. The Morgan fingerprint density at radius 2 is 1.97 bits per heavy atom. The Morgan fingerprint density at radius 3 is 2.60 bits per heavy atom. The Balaban J connectivity index is 1.30. The second-order valence-electron chi connectivity index (χ2n) is 8.51. The summed E-state index contributed by atoms with van der Waals surface area (Å²) in [7, 11) is 3.32. The van der Waals surface area contributed by atoms with Crippen LogP contribution in [0.1, 0.15) is 37.1 Å². The van der Waals surface area contributed by atoms with Crippen LogP contribution in [0.4, 0.5) is 4.39 Å². The number of benzene rings is 1. The summed E-state index contributed by atoms with van der Waals surface area (Å²) < 4.78 is 29.0. The minimum absolute atomic E-state index is 0.00617. The van der Waals surface area contributed by atoms with Crippen molar-refractivity contribution < 1.29 is 13.9 Å². The first kappa shape index (κ1) is 21.1. The van der Waals surface area contributed by atoms with Gasteiger partial charge >= 0.3 is 5.69 Å². The van der Waals surface area contributed by atoms with Gasteiger partial charge in [-0.05, 0) is 50.3 Å². The van der Waals surface area contributed by atoms with Crippen molar-refractivity contribution in [1.29, 1.82) is 0 Å². The van der Waals surface area contributed by atoms with Crippen LogP contribution in [-0.4, -0.2) is 57.3 Å². The van der Waals surface area contributed by atoms with Gasteiger partial charge in [-0.2, -0.15) is 5.10 Å². The molecule has 4 rings (SSSR count). The topological polar surface area (TPSA) is 61.5 Å². The fourth-order valence-corrected chi connectivity index (χ4v) is 4.82. The number of aromatic nitrogens is 3. The van der Waals surface area contributed by atoms with Gasteiger partial charge in [0, 0.05) is 25.7 Å². The molecule has 8 heteroatoms. The maximum atomic E-state index is 14.8. The normalized spacial score (nSPS) is 24.9. The van der Waals surface area contributed by atoms with Crippen LogP contribution in [0.3, 0.4) is 0 Å². The Kier molecular flexibility index (Phi) is 6.24. The van der Waals surface area contributed by atoms with Crippen LogP contribution in [0, 0.1) is 6.92 Å². The number of hydrogen-bond donors (Lipinski definition) is 0. The SMILES string of the molecule is COc1cccc(COC2CC3CCC(C2)N3C[C@@H](F)Cn2nc(C)n(C)c2=O)c1. The average molecular weight is 419 g/mol. The Morgan fingerprint density at radius 1 is 1.23 bits per heavy atom. The molecule has 0 aliphatic carbocycles. The molecule has 2 aromatic rings. The number of methoxy groups -OCH3 is 1. The molecule has 0 amide bonds. The summed E-state index contributed by atoms with van der Waals surface area (Å²) in [5.41, 5.74) is 0.840. The molecule has 2 saturated heterocycles. The van der Waals surface area contributed by atoms with Crippen molar-refractivity contribution in [3.05, 3.63) is 46.1 Å². The highest BCUT2D eigenvalue weighted by Gasteiger charge is 2.41. The zero-order valence-corrected chi connectivity index (χ0v) is 18.0. The van der Waals surface area contributed by atoms with Crippen molar-refractivity contribution >= 4 is 0 Å². The van der Waals surface area contributed by atoms with E-state index in [1.54, 1.807) is 21.1 Å². The highest BCUT2D eigenvalue weighted by molar-refractivity contribution is 5.27. The van der Waals surface area contributed by atoms with Crippen molar-refractivity contribution in [3.8, 4) is 5.75 Å². The lowest BCUT2D eigenvalue weighted by atomic mass is 9.99. The summed E-state index contributed by atoms with van der Waals surface area (Å²) >= 11 is 0. The molecular weight excluding hydrogens is 387 g/mol. The van der Waals surface area contributed by atoms with Crippen LogP contribution < -0.4 is 10.4 Å². The molecule has 2 fully saturated rings. The number of rotatable bonds is 8. The highest BCUT2D eigenvalue weighted by atomic mass is 19.1. The van der Waals surface area contributed by atoms with E-state index in [0.29, 0.717) is 31.1 Å². The van der Waals surface area contributed by atoms with E-state index in [4.69, 9.17) is 9.47 Å². The number of halogens is 1. The van der Waals surface area contributed by atoms with Gasteiger partial charge in [0.05, 0.1) is 26.4 Å². The standard InChI is InChI=1S/C22H31FN4O3/c1-15-24-27(22(28)25(15)2)13-17(23)12-26-18-7-8-19(26)11-21(10-18)30-14-16-5-4-6-20(9-16)29-3/h4-6,9,17-19,21H,7-8,10-14H2,1-3H3/t17-,18?,19?,21?/m1/s1. The van der Waals surface area contributed by atoms with Gasteiger partial charge in [0.15, 0.2) is 0 Å². The van der Waals surface area contributed by atoms with Gasteiger partial charge in [-0.1, -0.05) is 12.1 Å². The maximum Gasteiger partial charge on any atom is 0.345 e. The molecule has 164 valence electrons. The monoisotopic (exact) mass is 418 g/mol. The van der Waals surface area contributed by atoms with Crippen molar-refractivity contribution in [2.75, 3.05) is 13.7 Å². The lowest BCUT2D eigenvalue weighted by Gasteiger charge is -2.39. The number of alkyl halides is 1. The van der Waals surface area contributed by atoms with E-state index in [-0.39, 0.29) is 18.3 Å². The van der Waals surface area contributed by atoms with Gasteiger partial charge in [-0.15, -0.1) is 0 Å². The molecule has 1 aromatic carbocycles. The summed E-state index contributed by atoms with van der Waals surface area (Å²) in [6, 6.07) is 8.63. The van der Waals surface area contributed by atoms with Gasteiger partial charge in [-0.25, -0.2) is 13.9 Å². The zero-order chi connectivity index (χ0) is 21.3. The van der Waals surface area contributed by atoms with E-state index in [0.717, 1.165) is 37.0 Å². The van der Waals surface area contributed by atoms with E-state index in [1.165, 1.54) is 9.25 Å². The van der Waals surface area contributed by atoms with E-state index >= 15 is 0 Å². The third-order valence-electron chi connectivity index (χ3n) is 6.50. The first-order valence-electron chi connectivity index (χ1n) is 10.7. The number of nitrogens with zero attached hydrogens (tertiary/aromatic N) is 4. The molecule has 0 radical (unpaired) electrons. The van der Waals surface area contributed by atoms with Gasteiger partial charge in [-0.3, -0.25) is 9.47 Å². The smallest absolute Gasteiger partial charge is 0.345 e. The predicted octanol–water partition coefficient (Wildman–Crippen LogP) is 2.45. The quantitative estimate of drug-likeness (QED) is 0.659. The van der Waals surface area contributed by atoms with E-state index in [1.807, 2.05) is 24.3 Å². The third-order valence-corrected chi connectivity index (χ3v) is 6.50. The van der Waals surface area contributed by atoms with Gasteiger partial charge < -0.3 is 9.47 Å². The van der Waals surface area contributed by atoms with Crippen LogP contribution in [0.25, 0.3) is 0 Å². The molecule has 3 heterocycles. The second-order valence-corrected chi connectivity index (χ2v) is 8.51.